The van der Waals surface area contributed by atoms with E-state index in [1.54, 1.807) is 0 Å². The van der Waals surface area contributed by atoms with Crippen LogP contribution in [0.2, 0.25) is 0 Å². The highest BCUT2D eigenvalue weighted by Gasteiger charge is 2.57. The highest BCUT2D eigenvalue weighted by atomic mass is 19.1. The van der Waals surface area contributed by atoms with Crippen LogP contribution >= 0.6 is 0 Å². The molecule has 5 aliphatic rings. The number of anilines is 1. The average Bonchev–Trinajstić information content (AvgIpc) is 3.14. The van der Waals surface area contributed by atoms with Gasteiger partial charge in [-0.05, 0) is 80.5 Å². The summed E-state index contributed by atoms with van der Waals surface area (Å²) in [5.41, 5.74) is -0.0144. The molecule has 2 unspecified atom stereocenters. The standard InChI is InChI=1S/C24H29FN2O5/c25-17-1-3-18(4-2-17)26-21(29)13-32-22(30)20-8-19(28)12-27(20)23(31)24-9-14-5-15(10-24)7-16(6-14)11-24/h1-4,14-16,19-20,28H,5-13H2,(H,26,29). The van der Waals surface area contributed by atoms with Crippen LogP contribution in [0.5, 0.6) is 0 Å². The summed E-state index contributed by atoms with van der Waals surface area (Å²) >= 11 is 0. The van der Waals surface area contributed by atoms with Crippen molar-refractivity contribution < 1.29 is 28.6 Å². The lowest BCUT2D eigenvalue weighted by Crippen LogP contribution is -2.56. The number of aliphatic hydroxyl groups excluding tert-OH is 1. The number of hydrogen-bond donors (Lipinski definition) is 2. The zero-order valence-electron chi connectivity index (χ0n) is 18.0. The number of ether oxygens (including phenoxy) is 1. The Bertz CT molecular complexity index is 882. The Morgan fingerprint density at radius 2 is 1.62 bits per heavy atom. The molecule has 7 nitrogen and oxygen atoms in total. The topological polar surface area (TPSA) is 95.9 Å². The number of halogens is 1. The molecule has 4 saturated carbocycles. The summed E-state index contributed by atoms with van der Waals surface area (Å²) in [7, 11) is 0. The fourth-order valence-electron chi connectivity index (χ4n) is 6.90. The Morgan fingerprint density at radius 1 is 1.03 bits per heavy atom. The minimum Gasteiger partial charge on any atom is -0.454 e. The van der Waals surface area contributed by atoms with E-state index in [0.717, 1.165) is 19.3 Å². The van der Waals surface area contributed by atoms with Crippen LogP contribution in [0, 0.1) is 29.0 Å². The molecule has 4 bridgehead atoms. The summed E-state index contributed by atoms with van der Waals surface area (Å²) in [6.07, 6.45) is 5.62. The molecule has 2 N–H and O–H groups in total. The third-order valence-corrected chi connectivity index (χ3v) is 7.78. The molecule has 8 heteroatoms. The van der Waals surface area contributed by atoms with Gasteiger partial charge in [-0.1, -0.05) is 0 Å². The van der Waals surface area contributed by atoms with Crippen molar-refractivity contribution in [1.82, 2.24) is 4.90 Å². The Labute approximate surface area is 186 Å². The van der Waals surface area contributed by atoms with E-state index in [0.29, 0.717) is 23.4 Å². The number of hydrogen-bond acceptors (Lipinski definition) is 5. The molecule has 0 spiro atoms. The van der Waals surface area contributed by atoms with Gasteiger partial charge in [-0.15, -0.1) is 0 Å². The number of benzene rings is 1. The van der Waals surface area contributed by atoms with Gasteiger partial charge >= 0.3 is 5.97 Å². The van der Waals surface area contributed by atoms with Crippen LogP contribution in [-0.2, 0) is 19.1 Å². The minimum atomic E-state index is -0.871. The van der Waals surface area contributed by atoms with Crippen molar-refractivity contribution in [2.24, 2.45) is 23.2 Å². The predicted molar refractivity (Wildman–Crippen MR) is 113 cm³/mol. The number of carbonyl (C=O) groups excluding carboxylic acids is 3. The van der Waals surface area contributed by atoms with E-state index in [4.69, 9.17) is 4.74 Å². The van der Waals surface area contributed by atoms with E-state index < -0.39 is 41.9 Å². The smallest absolute Gasteiger partial charge is 0.329 e. The second kappa shape index (κ2) is 8.14. The zero-order valence-corrected chi connectivity index (χ0v) is 18.0. The molecule has 1 aliphatic heterocycles. The zero-order chi connectivity index (χ0) is 22.5. The first-order valence-electron chi connectivity index (χ1n) is 11.5. The molecule has 2 atom stereocenters. The molecular weight excluding hydrogens is 415 g/mol. The van der Waals surface area contributed by atoms with Crippen LogP contribution in [0.25, 0.3) is 0 Å². The van der Waals surface area contributed by atoms with Crippen molar-refractivity contribution in [1.29, 1.82) is 0 Å². The SMILES string of the molecule is O=C(COC(=O)C1CC(O)CN1C(=O)C12CC3CC(CC(C3)C1)C2)Nc1ccc(F)cc1. The highest BCUT2D eigenvalue weighted by molar-refractivity contribution is 5.94. The largest absolute Gasteiger partial charge is 0.454 e. The third-order valence-electron chi connectivity index (χ3n) is 7.78. The van der Waals surface area contributed by atoms with Crippen molar-refractivity contribution in [2.45, 2.75) is 57.1 Å². The van der Waals surface area contributed by atoms with E-state index in [2.05, 4.69) is 5.32 Å². The Balaban J connectivity index is 1.22. The van der Waals surface area contributed by atoms with E-state index >= 15 is 0 Å². The summed E-state index contributed by atoms with van der Waals surface area (Å²) < 4.78 is 18.2. The van der Waals surface area contributed by atoms with Gasteiger partial charge in [-0.2, -0.15) is 0 Å². The van der Waals surface area contributed by atoms with E-state index in [-0.39, 0.29) is 18.9 Å². The quantitative estimate of drug-likeness (QED) is 0.681. The van der Waals surface area contributed by atoms with Gasteiger partial charge in [0, 0.05) is 18.7 Å². The van der Waals surface area contributed by atoms with E-state index in [1.807, 2.05) is 0 Å². The van der Waals surface area contributed by atoms with Crippen LogP contribution in [0.4, 0.5) is 10.1 Å². The number of rotatable bonds is 5. The van der Waals surface area contributed by atoms with Gasteiger partial charge in [0.1, 0.15) is 11.9 Å². The van der Waals surface area contributed by atoms with Gasteiger partial charge in [-0.3, -0.25) is 9.59 Å². The van der Waals surface area contributed by atoms with E-state index in [9.17, 15) is 23.9 Å². The first-order valence-corrected chi connectivity index (χ1v) is 11.5. The van der Waals surface area contributed by atoms with Gasteiger partial charge in [0.25, 0.3) is 5.91 Å². The van der Waals surface area contributed by atoms with Crippen LogP contribution in [0.3, 0.4) is 0 Å². The third kappa shape index (κ3) is 4.00. The summed E-state index contributed by atoms with van der Waals surface area (Å²) in [5.74, 6) is 0.120. The van der Waals surface area contributed by atoms with Crippen molar-refractivity contribution in [3.63, 3.8) is 0 Å². The number of aliphatic hydroxyl groups is 1. The minimum absolute atomic E-state index is 0.0223. The molecule has 1 saturated heterocycles. The maximum Gasteiger partial charge on any atom is 0.329 e. The molecule has 172 valence electrons. The molecule has 1 aromatic rings. The molecule has 0 radical (unpaired) electrons. The fourth-order valence-corrected chi connectivity index (χ4v) is 6.90. The number of amides is 2. The van der Waals surface area contributed by atoms with Gasteiger partial charge < -0.3 is 20.1 Å². The van der Waals surface area contributed by atoms with Gasteiger partial charge in [0.05, 0.1) is 11.5 Å². The number of esters is 1. The van der Waals surface area contributed by atoms with Crippen LogP contribution in [0.15, 0.2) is 24.3 Å². The molecule has 0 aromatic heterocycles. The second-order valence-corrected chi connectivity index (χ2v) is 10.2. The Morgan fingerprint density at radius 3 is 2.22 bits per heavy atom. The molecule has 6 rings (SSSR count). The number of β-amino-alcohol motifs (C(OH)–C–C–N with tert-alkyl or cyclic N) is 1. The summed E-state index contributed by atoms with van der Waals surface area (Å²) in [4.78, 5) is 40.1. The van der Waals surface area contributed by atoms with Gasteiger partial charge in [0.15, 0.2) is 6.61 Å². The number of likely N-dealkylation sites (tertiary alicyclic amines) is 1. The van der Waals surface area contributed by atoms with Crippen molar-refractivity contribution in [3.05, 3.63) is 30.1 Å². The van der Waals surface area contributed by atoms with Gasteiger partial charge in [-0.25, -0.2) is 9.18 Å². The molecule has 5 fully saturated rings. The number of carbonyl (C=O) groups is 3. The Kier molecular flexibility index (Phi) is 5.43. The van der Waals surface area contributed by atoms with Crippen molar-refractivity contribution >= 4 is 23.5 Å². The first-order chi connectivity index (χ1) is 15.3. The lowest BCUT2D eigenvalue weighted by molar-refractivity contribution is -0.166. The fraction of sp³-hybridized carbons (Fsp3) is 0.625. The molecule has 32 heavy (non-hydrogen) atoms. The summed E-state index contributed by atoms with van der Waals surface area (Å²) in [6.45, 7) is -0.385. The summed E-state index contributed by atoms with van der Waals surface area (Å²) in [5, 5.41) is 12.8. The predicted octanol–water partition coefficient (Wildman–Crippen LogP) is 2.49. The molecular formula is C24H29FN2O5. The highest BCUT2D eigenvalue weighted by Crippen LogP contribution is 2.60. The lowest BCUT2D eigenvalue weighted by Gasteiger charge is -2.56. The average molecular weight is 445 g/mol. The summed E-state index contributed by atoms with van der Waals surface area (Å²) in [6, 6.07) is 4.39. The monoisotopic (exact) mass is 444 g/mol. The molecule has 1 heterocycles. The maximum atomic E-state index is 13.7. The number of nitrogens with one attached hydrogen (secondary N) is 1. The number of nitrogens with zero attached hydrogens (tertiary/aromatic N) is 1. The van der Waals surface area contributed by atoms with Gasteiger partial charge in [0.2, 0.25) is 5.91 Å². The first kappa shape index (κ1) is 21.4. The Hall–Kier alpha value is -2.48. The second-order valence-electron chi connectivity index (χ2n) is 10.2. The van der Waals surface area contributed by atoms with Crippen molar-refractivity contribution in [2.75, 3.05) is 18.5 Å². The van der Waals surface area contributed by atoms with Crippen molar-refractivity contribution in [3.8, 4) is 0 Å². The maximum absolute atomic E-state index is 13.7. The molecule has 4 aliphatic carbocycles. The van der Waals surface area contributed by atoms with Crippen LogP contribution in [0.1, 0.15) is 44.9 Å². The lowest BCUT2D eigenvalue weighted by atomic mass is 9.49. The normalized spacial score (nSPS) is 35.1. The molecule has 1 aromatic carbocycles. The molecule has 2 amide bonds. The van der Waals surface area contributed by atoms with Crippen LogP contribution < -0.4 is 5.32 Å². The van der Waals surface area contributed by atoms with E-state index in [1.165, 1.54) is 48.4 Å². The van der Waals surface area contributed by atoms with Crippen LogP contribution in [-0.4, -0.2) is 53.1 Å².